The average Bonchev–Trinajstić information content (AvgIpc) is 3.01. The van der Waals surface area contributed by atoms with E-state index in [4.69, 9.17) is 19.1 Å². The van der Waals surface area contributed by atoms with Crippen LogP contribution >= 0.6 is 0 Å². The van der Waals surface area contributed by atoms with Crippen LogP contribution in [0.1, 0.15) is 17.3 Å². The second-order valence-electron chi connectivity index (χ2n) is 4.44. The zero-order valence-electron chi connectivity index (χ0n) is 10.7. The quantitative estimate of drug-likeness (QED) is 0.900. The van der Waals surface area contributed by atoms with Crippen LogP contribution < -0.4 is 9.47 Å². The van der Waals surface area contributed by atoms with E-state index >= 15 is 0 Å². The van der Waals surface area contributed by atoms with Gasteiger partial charge in [0.25, 0.3) is 0 Å². The number of ether oxygens (including phenoxy) is 2. The molecule has 1 N–H and O–H groups in total. The van der Waals surface area contributed by atoms with Gasteiger partial charge in [-0.1, -0.05) is 11.2 Å². The topological polar surface area (TPSA) is 94.7 Å². The largest absolute Gasteiger partial charge is 0.485 e. The Morgan fingerprint density at radius 2 is 2.40 bits per heavy atom. The molecule has 1 aliphatic rings. The molecule has 0 spiro atoms. The van der Waals surface area contributed by atoms with Gasteiger partial charge in [-0.3, -0.25) is 0 Å². The van der Waals surface area contributed by atoms with Crippen molar-refractivity contribution >= 4 is 5.97 Å². The molecule has 0 radical (unpaired) electrons. The highest BCUT2D eigenvalue weighted by Crippen LogP contribution is 2.32. The minimum Gasteiger partial charge on any atom is -0.485 e. The lowest BCUT2D eigenvalue weighted by atomic mass is 10.1. The van der Waals surface area contributed by atoms with E-state index in [2.05, 4.69) is 10.1 Å². The smallest absolute Gasteiger partial charge is 0.345 e. The number of rotatable bonds is 4. The van der Waals surface area contributed by atoms with E-state index in [0.29, 0.717) is 29.6 Å². The third-order valence-corrected chi connectivity index (χ3v) is 2.93. The second-order valence-corrected chi connectivity index (χ2v) is 4.44. The highest BCUT2D eigenvalue weighted by atomic mass is 16.5. The van der Waals surface area contributed by atoms with E-state index in [0.717, 1.165) is 5.56 Å². The van der Waals surface area contributed by atoms with Crippen molar-refractivity contribution in [3.8, 4) is 11.5 Å². The fourth-order valence-corrected chi connectivity index (χ4v) is 1.98. The van der Waals surface area contributed by atoms with Gasteiger partial charge in [-0.05, 0) is 11.6 Å². The van der Waals surface area contributed by atoms with Gasteiger partial charge in [-0.15, -0.1) is 0 Å². The number of aromatic nitrogens is 2. The Kier molecular flexibility index (Phi) is 3.02. The maximum atomic E-state index is 10.9. The molecule has 0 aliphatic carbocycles. The Morgan fingerprint density at radius 1 is 1.55 bits per heavy atom. The molecule has 1 unspecified atom stereocenters. The summed E-state index contributed by atoms with van der Waals surface area (Å²) in [6.07, 6.45) is -0.449. The summed E-state index contributed by atoms with van der Waals surface area (Å²) < 4.78 is 15.7. The summed E-state index contributed by atoms with van der Waals surface area (Å²) in [6, 6.07) is 5.24. The minimum absolute atomic E-state index is 0.179. The maximum Gasteiger partial charge on any atom is 0.345 e. The minimum atomic E-state index is -0.967. The molecule has 0 amide bonds. The number of carboxylic acid groups (broad SMARTS) is 1. The van der Waals surface area contributed by atoms with Crippen LogP contribution in [0.25, 0.3) is 0 Å². The molecule has 7 nitrogen and oxygen atoms in total. The zero-order chi connectivity index (χ0) is 14.1. The summed E-state index contributed by atoms with van der Waals surface area (Å²) in [5, 5.41) is 12.6. The first-order chi connectivity index (χ1) is 9.61. The summed E-state index contributed by atoms with van der Waals surface area (Å²) in [6.45, 7) is 1.88. The van der Waals surface area contributed by atoms with Gasteiger partial charge in [0.1, 0.15) is 11.5 Å². The SMILES string of the molecule is Cc1nc(COc2ccc3c(c2)OC(C(=O)O)C3)no1. The Morgan fingerprint density at radius 3 is 3.10 bits per heavy atom. The van der Waals surface area contributed by atoms with Crippen LogP contribution in [0.15, 0.2) is 22.7 Å². The third kappa shape index (κ3) is 2.42. The average molecular weight is 276 g/mol. The van der Waals surface area contributed by atoms with Crippen LogP contribution in [0.5, 0.6) is 11.5 Å². The predicted octanol–water partition coefficient (Wildman–Crippen LogP) is 1.35. The van der Waals surface area contributed by atoms with Crippen molar-refractivity contribution in [1.29, 1.82) is 0 Å². The molecule has 0 fully saturated rings. The van der Waals surface area contributed by atoms with Crippen molar-refractivity contribution in [2.75, 3.05) is 0 Å². The molecule has 104 valence electrons. The monoisotopic (exact) mass is 276 g/mol. The van der Waals surface area contributed by atoms with Crippen LogP contribution in [0.2, 0.25) is 0 Å². The molecule has 0 saturated heterocycles. The number of nitrogens with zero attached hydrogens (tertiary/aromatic N) is 2. The van der Waals surface area contributed by atoms with Crippen LogP contribution in [0.3, 0.4) is 0 Å². The molecule has 20 heavy (non-hydrogen) atoms. The van der Waals surface area contributed by atoms with Gasteiger partial charge in [-0.25, -0.2) is 4.79 Å². The molecule has 1 aromatic heterocycles. The maximum absolute atomic E-state index is 10.9. The molecule has 0 saturated carbocycles. The highest BCUT2D eigenvalue weighted by molar-refractivity contribution is 5.74. The number of carbonyl (C=O) groups is 1. The number of hydrogen-bond donors (Lipinski definition) is 1. The predicted molar refractivity (Wildman–Crippen MR) is 65.6 cm³/mol. The van der Waals surface area contributed by atoms with E-state index in [-0.39, 0.29) is 6.61 Å². The van der Waals surface area contributed by atoms with Crippen molar-refractivity contribution in [3.63, 3.8) is 0 Å². The molecule has 3 rings (SSSR count). The summed E-state index contributed by atoms with van der Waals surface area (Å²) in [5.41, 5.74) is 0.861. The van der Waals surface area contributed by atoms with Crippen molar-refractivity contribution in [1.82, 2.24) is 10.1 Å². The van der Waals surface area contributed by atoms with Crippen molar-refractivity contribution < 1.29 is 23.9 Å². The Bertz CT molecular complexity index is 652. The lowest BCUT2D eigenvalue weighted by molar-refractivity contribution is -0.144. The van der Waals surface area contributed by atoms with Crippen molar-refractivity contribution in [3.05, 3.63) is 35.5 Å². The molecule has 1 aliphatic heterocycles. The number of fused-ring (bicyclic) bond motifs is 1. The number of aryl methyl sites for hydroxylation is 1. The number of carboxylic acids is 1. The van der Waals surface area contributed by atoms with Gasteiger partial charge >= 0.3 is 5.97 Å². The Labute approximate surface area is 114 Å². The van der Waals surface area contributed by atoms with Crippen LogP contribution in [-0.2, 0) is 17.8 Å². The number of benzene rings is 1. The van der Waals surface area contributed by atoms with E-state index < -0.39 is 12.1 Å². The first-order valence-corrected chi connectivity index (χ1v) is 6.06. The van der Waals surface area contributed by atoms with Crippen molar-refractivity contribution in [2.24, 2.45) is 0 Å². The zero-order valence-corrected chi connectivity index (χ0v) is 10.7. The summed E-state index contributed by atoms with van der Waals surface area (Å²) >= 11 is 0. The molecule has 7 heteroatoms. The molecule has 0 bridgehead atoms. The summed E-state index contributed by atoms with van der Waals surface area (Å²) in [7, 11) is 0. The van der Waals surface area contributed by atoms with Crippen LogP contribution in [0, 0.1) is 6.92 Å². The lowest BCUT2D eigenvalue weighted by Gasteiger charge is -2.06. The van der Waals surface area contributed by atoms with Crippen LogP contribution in [-0.4, -0.2) is 27.3 Å². The third-order valence-electron chi connectivity index (χ3n) is 2.93. The molecule has 2 heterocycles. The summed E-state index contributed by atoms with van der Waals surface area (Å²) in [5.74, 6) is 1.07. The molecule has 1 atom stereocenters. The number of hydrogen-bond acceptors (Lipinski definition) is 6. The first-order valence-electron chi connectivity index (χ1n) is 6.06. The van der Waals surface area contributed by atoms with E-state index in [1.54, 1.807) is 25.1 Å². The van der Waals surface area contributed by atoms with Gasteiger partial charge < -0.3 is 19.1 Å². The highest BCUT2D eigenvalue weighted by Gasteiger charge is 2.28. The lowest BCUT2D eigenvalue weighted by Crippen LogP contribution is -2.24. The fourth-order valence-electron chi connectivity index (χ4n) is 1.98. The van der Waals surface area contributed by atoms with Crippen molar-refractivity contribution in [2.45, 2.75) is 26.1 Å². The van der Waals surface area contributed by atoms with Gasteiger partial charge in [-0.2, -0.15) is 4.98 Å². The normalized spacial score (nSPS) is 16.6. The molecule has 2 aromatic rings. The standard InChI is InChI=1S/C13H12N2O5/c1-7-14-12(15-20-7)6-18-9-3-2-8-4-11(13(16)17)19-10(8)5-9/h2-3,5,11H,4,6H2,1H3,(H,16,17). The van der Waals surface area contributed by atoms with Gasteiger partial charge in [0.2, 0.25) is 11.7 Å². The second kappa shape index (κ2) is 4.84. The fraction of sp³-hybridized carbons (Fsp3) is 0.308. The van der Waals surface area contributed by atoms with Crippen LogP contribution in [0.4, 0.5) is 0 Å². The molecular weight excluding hydrogens is 264 g/mol. The van der Waals surface area contributed by atoms with Gasteiger partial charge in [0.05, 0.1) is 0 Å². The van der Waals surface area contributed by atoms with E-state index in [1.165, 1.54) is 0 Å². The Hall–Kier alpha value is -2.57. The Balaban J connectivity index is 1.68. The van der Waals surface area contributed by atoms with Gasteiger partial charge in [0, 0.05) is 19.4 Å². The number of aliphatic carboxylic acids is 1. The molecule has 1 aromatic carbocycles. The summed E-state index contributed by atoms with van der Waals surface area (Å²) in [4.78, 5) is 14.9. The van der Waals surface area contributed by atoms with Gasteiger partial charge in [0.15, 0.2) is 12.7 Å². The first kappa shape index (κ1) is 12.5. The van der Waals surface area contributed by atoms with E-state index in [9.17, 15) is 4.79 Å². The van der Waals surface area contributed by atoms with E-state index in [1.807, 2.05) is 0 Å². The molecular formula is C13H12N2O5.